The van der Waals surface area contributed by atoms with Crippen LogP contribution >= 0.6 is 0 Å². The van der Waals surface area contributed by atoms with Crippen LogP contribution in [0.5, 0.6) is 0 Å². The van der Waals surface area contributed by atoms with Gasteiger partial charge in [0.05, 0.1) is 25.6 Å². The van der Waals surface area contributed by atoms with Gasteiger partial charge in [-0.1, -0.05) is 20.8 Å². The number of hydrogen-bond acceptors (Lipinski definition) is 6. The van der Waals surface area contributed by atoms with Crippen molar-refractivity contribution in [1.29, 1.82) is 0 Å². The molecule has 3 atom stereocenters. The smallest absolute Gasteiger partial charge is 0.328 e. The molecule has 25 heavy (non-hydrogen) atoms. The van der Waals surface area contributed by atoms with Gasteiger partial charge in [0, 0.05) is 13.0 Å². The Morgan fingerprint density at radius 2 is 1.72 bits per heavy atom. The molecule has 7 nitrogen and oxygen atoms in total. The Morgan fingerprint density at radius 3 is 2.16 bits per heavy atom. The molecule has 0 spiro atoms. The molecule has 0 saturated carbocycles. The van der Waals surface area contributed by atoms with Crippen LogP contribution in [-0.2, 0) is 23.9 Å². The van der Waals surface area contributed by atoms with Crippen LogP contribution in [0, 0.1) is 11.3 Å². The Hall–Kier alpha value is -1.63. The zero-order valence-corrected chi connectivity index (χ0v) is 16.3. The van der Waals surface area contributed by atoms with Crippen molar-refractivity contribution in [3.63, 3.8) is 0 Å². The number of carbonyl (C=O) groups is 3. The van der Waals surface area contributed by atoms with Gasteiger partial charge in [-0.25, -0.2) is 4.79 Å². The Kier molecular flexibility index (Phi) is 6.61. The first-order chi connectivity index (χ1) is 11.3. The van der Waals surface area contributed by atoms with Crippen molar-refractivity contribution in [3.8, 4) is 0 Å². The molecule has 1 aliphatic heterocycles. The molecule has 1 heterocycles. The average Bonchev–Trinajstić information content (AvgIpc) is 2.82. The van der Waals surface area contributed by atoms with Gasteiger partial charge in [0.15, 0.2) is 0 Å². The summed E-state index contributed by atoms with van der Waals surface area (Å²) in [5, 5.41) is 9.89. The van der Waals surface area contributed by atoms with Crippen molar-refractivity contribution in [1.82, 2.24) is 4.90 Å². The van der Waals surface area contributed by atoms with Crippen LogP contribution in [0.1, 0.15) is 54.4 Å². The molecule has 1 aliphatic rings. The summed E-state index contributed by atoms with van der Waals surface area (Å²) in [5.41, 5.74) is -1.15. The minimum Gasteiger partial charge on any atom is -0.467 e. The number of hydrogen-bond donors (Lipinski definition) is 1. The van der Waals surface area contributed by atoms with Crippen molar-refractivity contribution in [2.24, 2.45) is 11.3 Å². The van der Waals surface area contributed by atoms with E-state index in [0.29, 0.717) is 0 Å². The van der Waals surface area contributed by atoms with Gasteiger partial charge in [0.1, 0.15) is 11.6 Å². The summed E-state index contributed by atoms with van der Waals surface area (Å²) in [7, 11) is 1.25. The summed E-state index contributed by atoms with van der Waals surface area (Å²) >= 11 is 0. The number of nitrogens with zero attached hydrogens (tertiary/aromatic N) is 1. The van der Waals surface area contributed by atoms with Crippen molar-refractivity contribution < 1.29 is 29.0 Å². The second kappa shape index (κ2) is 7.72. The molecule has 0 aromatic carbocycles. The maximum atomic E-state index is 13.1. The summed E-state index contributed by atoms with van der Waals surface area (Å²) in [6, 6.07) is -0.823. The number of β-amino-alcohol motifs (C(OH)–C–C–N with tert-alkyl or cyclic N) is 1. The molecule has 1 rings (SSSR count). The normalized spacial score (nSPS) is 22.5. The van der Waals surface area contributed by atoms with E-state index in [-0.39, 0.29) is 25.3 Å². The summed E-state index contributed by atoms with van der Waals surface area (Å²) < 4.78 is 10.1. The first kappa shape index (κ1) is 21.4. The van der Waals surface area contributed by atoms with E-state index in [9.17, 15) is 19.5 Å². The topological polar surface area (TPSA) is 93.1 Å². The lowest BCUT2D eigenvalue weighted by Crippen LogP contribution is -2.48. The number of esters is 2. The molecule has 0 aliphatic carbocycles. The standard InChI is InChI=1S/C18H31NO6/c1-17(2,3)12(9-14(21)25-18(4,5)6)15(22)19-10-11(20)8-13(19)16(23)24-7/h11-13,20H,8-10H2,1-7H3. The van der Waals surface area contributed by atoms with Crippen molar-refractivity contribution >= 4 is 17.8 Å². The highest BCUT2D eigenvalue weighted by Crippen LogP contribution is 2.34. The van der Waals surface area contributed by atoms with E-state index in [0.717, 1.165) is 0 Å². The summed E-state index contributed by atoms with van der Waals surface area (Å²) in [4.78, 5) is 38.6. The lowest BCUT2D eigenvalue weighted by atomic mass is 9.77. The minimum atomic E-state index is -0.823. The molecular weight excluding hydrogens is 326 g/mol. The van der Waals surface area contributed by atoms with E-state index in [1.54, 1.807) is 20.8 Å². The summed E-state index contributed by atoms with van der Waals surface area (Å²) in [6.45, 7) is 10.9. The van der Waals surface area contributed by atoms with Gasteiger partial charge in [0.2, 0.25) is 5.91 Å². The number of methoxy groups -OCH3 is 1. The van der Waals surface area contributed by atoms with E-state index in [1.165, 1.54) is 12.0 Å². The third kappa shape index (κ3) is 5.99. The molecule has 1 fully saturated rings. The average molecular weight is 357 g/mol. The van der Waals surface area contributed by atoms with E-state index >= 15 is 0 Å². The molecule has 7 heteroatoms. The molecule has 1 saturated heterocycles. The van der Waals surface area contributed by atoms with Crippen LogP contribution in [0.4, 0.5) is 0 Å². The zero-order valence-electron chi connectivity index (χ0n) is 16.3. The number of amides is 1. The third-order valence-electron chi connectivity index (χ3n) is 4.17. The molecule has 3 unspecified atom stereocenters. The van der Waals surface area contributed by atoms with Crippen LogP contribution in [0.3, 0.4) is 0 Å². The fourth-order valence-corrected chi connectivity index (χ4v) is 2.93. The first-order valence-corrected chi connectivity index (χ1v) is 8.54. The highest BCUT2D eigenvalue weighted by Gasteiger charge is 2.45. The maximum Gasteiger partial charge on any atom is 0.328 e. The lowest BCUT2D eigenvalue weighted by molar-refractivity contribution is -0.162. The van der Waals surface area contributed by atoms with Gasteiger partial charge in [-0.15, -0.1) is 0 Å². The van der Waals surface area contributed by atoms with Gasteiger partial charge in [-0.3, -0.25) is 9.59 Å². The number of aliphatic hydroxyl groups is 1. The second-order valence-electron chi connectivity index (χ2n) is 8.63. The molecule has 0 radical (unpaired) electrons. The summed E-state index contributed by atoms with van der Waals surface area (Å²) in [6.07, 6.45) is -0.725. The SMILES string of the molecule is COC(=O)C1CC(O)CN1C(=O)C(CC(=O)OC(C)(C)C)C(C)(C)C. The Balaban J connectivity index is 3.01. The number of likely N-dealkylation sites (tertiary alicyclic amines) is 1. The fourth-order valence-electron chi connectivity index (χ4n) is 2.93. The number of rotatable bonds is 4. The largest absolute Gasteiger partial charge is 0.467 e. The van der Waals surface area contributed by atoms with Gasteiger partial charge >= 0.3 is 11.9 Å². The van der Waals surface area contributed by atoms with Gasteiger partial charge in [0.25, 0.3) is 0 Å². The van der Waals surface area contributed by atoms with Crippen LogP contribution in [-0.4, -0.2) is 59.3 Å². The van der Waals surface area contributed by atoms with Crippen LogP contribution in [0.25, 0.3) is 0 Å². The van der Waals surface area contributed by atoms with Gasteiger partial charge in [-0.2, -0.15) is 0 Å². The Labute approximate surface area is 149 Å². The molecule has 144 valence electrons. The van der Waals surface area contributed by atoms with E-state index in [2.05, 4.69) is 0 Å². The molecular formula is C18H31NO6. The highest BCUT2D eigenvalue weighted by atomic mass is 16.6. The Morgan fingerprint density at radius 1 is 1.16 bits per heavy atom. The molecule has 0 bridgehead atoms. The minimum absolute atomic E-state index is 0.0551. The van der Waals surface area contributed by atoms with Crippen molar-refractivity contribution in [2.75, 3.05) is 13.7 Å². The maximum absolute atomic E-state index is 13.1. The van der Waals surface area contributed by atoms with Gasteiger partial charge in [-0.05, 0) is 26.2 Å². The predicted octanol–water partition coefficient (Wildman–Crippen LogP) is 1.52. The number of aliphatic hydroxyl groups excluding tert-OH is 1. The summed E-state index contributed by atoms with van der Waals surface area (Å²) in [5.74, 6) is -2.03. The van der Waals surface area contributed by atoms with Crippen LogP contribution < -0.4 is 0 Å². The quantitative estimate of drug-likeness (QED) is 0.767. The molecule has 0 aromatic rings. The van der Waals surface area contributed by atoms with Crippen LogP contribution in [0.2, 0.25) is 0 Å². The van der Waals surface area contributed by atoms with E-state index in [4.69, 9.17) is 9.47 Å². The van der Waals surface area contributed by atoms with Crippen molar-refractivity contribution in [3.05, 3.63) is 0 Å². The second-order valence-corrected chi connectivity index (χ2v) is 8.63. The fraction of sp³-hybridized carbons (Fsp3) is 0.833. The highest BCUT2D eigenvalue weighted by molar-refractivity contribution is 5.89. The molecule has 1 N–H and O–H groups in total. The number of ether oxygens (including phenoxy) is 2. The zero-order chi connectivity index (χ0) is 19.6. The third-order valence-corrected chi connectivity index (χ3v) is 4.17. The molecule has 0 aromatic heterocycles. The first-order valence-electron chi connectivity index (χ1n) is 8.54. The lowest BCUT2D eigenvalue weighted by Gasteiger charge is -2.34. The van der Waals surface area contributed by atoms with E-state index < -0.39 is 41.0 Å². The monoisotopic (exact) mass is 357 g/mol. The van der Waals surface area contributed by atoms with Crippen LogP contribution in [0.15, 0.2) is 0 Å². The Bertz CT molecular complexity index is 517. The molecule has 1 amide bonds. The van der Waals surface area contributed by atoms with Crippen molar-refractivity contribution in [2.45, 2.75) is 72.1 Å². The predicted molar refractivity (Wildman–Crippen MR) is 91.5 cm³/mol. The van der Waals surface area contributed by atoms with Gasteiger partial charge < -0.3 is 19.5 Å². The van der Waals surface area contributed by atoms with E-state index in [1.807, 2.05) is 20.8 Å². The number of carbonyl (C=O) groups excluding carboxylic acids is 3.